The molecule has 0 spiro atoms. The van der Waals surface area contributed by atoms with Gasteiger partial charge in [0.05, 0.1) is 5.69 Å². The Morgan fingerprint density at radius 3 is 1.73 bits per heavy atom. The van der Waals surface area contributed by atoms with Gasteiger partial charge in [-0.05, 0) is 28.3 Å². The van der Waals surface area contributed by atoms with Crippen LogP contribution >= 0.6 is 0 Å². The largest absolute Gasteiger partial charge is 0.464 e. The van der Waals surface area contributed by atoms with Crippen LogP contribution in [-0.4, -0.2) is 15.0 Å². The van der Waals surface area contributed by atoms with Gasteiger partial charge in [-0.15, -0.1) is 0 Å². The van der Waals surface area contributed by atoms with Crippen LogP contribution in [0, 0.1) is 0 Å². The highest BCUT2D eigenvalue weighted by molar-refractivity contribution is 6.15. The lowest BCUT2D eigenvalue weighted by atomic mass is 9.98. The van der Waals surface area contributed by atoms with Gasteiger partial charge in [-0.25, -0.2) is 15.0 Å². The van der Waals surface area contributed by atoms with E-state index in [0.717, 1.165) is 55.2 Å². The Labute approximate surface area is 237 Å². The van der Waals surface area contributed by atoms with Gasteiger partial charge in [0.25, 0.3) is 0 Å². The molecule has 0 bridgehead atoms. The topological polar surface area (TPSA) is 59.9 Å². The van der Waals surface area contributed by atoms with Crippen molar-refractivity contribution < 1.29 is 4.74 Å². The number of anilines is 1. The first-order chi connectivity index (χ1) is 20.3. The van der Waals surface area contributed by atoms with Crippen molar-refractivity contribution in [2.24, 2.45) is 0 Å². The molecule has 7 aromatic rings. The molecule has 1 unspecified atom stereocenters. The lowest BCUT2D eigenvalue weighted by Crippen LogP contribution is -2.09. The average molecular weight is 529 g/mol. The highest BCUT2D eigenvalue weighted by Crippen LogP contribution is 2.45. The molecule has 0 aliphatic carbocycles. The number of ether oxygens (including phenoxy) is 1. The van der Waals surface area contributed by atoms with E-state index >= 15 is 0 Å². The zero-order chi connectivity index (χ0) is 27.2. The van der Waals surface area contributed by atoms with Crippen LogP contribution < -0.4 is 10.1 Å². The van der Waals surface area contributed by atoms with Gasteiger partial charge in [-0.3, -0.25) is 0 Å². The van der Waals surface area contributed by atoms with Crippen LogP contribution in [0.1, 0.15) is 11.8 Å². The maximum atomic E-state index is 6.32. The van der Waals surface area contributed by atoms with Crippen LogP contribution in [0.3, 0.4) is 0 Å². The summed E-state index contributed by atoms with van der Waals surface area (Å²) < 4.78 is 6.32. The minimum atomic E-state index is -0.218. The molecule has 0 radical (unpaired) electrons. The van der Waals surface area contributed by atoms with Gasteiger partial charge in [0.2, 0.25) is 0 Å². The van der Waals surface area contributed by atoms with Gasteiger partial charge in [0.1, 0.15) is 5.75 Å². The molecular formula is C36H24N4O. The standard InChI is InChI=1S/C36H24N4O/c1-4-10-24(11-5-1)33-38-34(25-12-6-2-7-13-25)40-35(39-33)28-18-20-29-27(22-28)17-16-23-19-21-30-32(31(23)29)37-36(41-30)26-14-8-3-9-15-26/h1-22,36-37H. The molecule has 0 amide bonds. The summed E-state index contributed by atoms with van der Waals surface area (Å²) in [5.41, 5.74) is 4.96. The molecule has 6 aromatic carbocycles. The van der Waals surface area contributed by atoms with Gasteiger partial charge in [-0.1, -0.05) is 121 Å². The molecule has 41 heavy (non-hydrogen) atoms. The second-order valence-corrected chi connectivity index (χ2v) is 10.1. The highest BCUT2D eigenvalue weighted by Gasteiger charge is 2.26. The second-order valence-electron chi connectivity index (χ2n) is 10.1. The van der Waals surface area contributed by atoms with Crippen molar-refractivity contribution in [3.63, 3.8) is 0 Å². The SMILES string of the molecule is c1ccc(-c2nc(-c3ccccc3)nc(-c3ccc4c(ccc5ccc6c(c54)NC(c4ccccc4)O6)c3)n2)cc1. The van der Waals surface area contributed by atoms with Crippen LogP contribution in [-0.2, 0) is 0 Å². The Kier molecular flexibility index (Phi) is 5.45. The number of benzene rings is 6. The lowest BCUT2D eigenvalue weighted by Gasteiger charge is -2.12. The summed E-state index contributed by atoms with van der Waals surface area (Å²) in [6, 6.07) is 45.3. The molecule has 1 aliphatic heterocycles. The predicted octanol–water partition coefficient (Wildman–Crippen LogP) is 8.68. The van der Waals surface area contributed by atoms with Crippen molar-refractivity contribution in [2.75, 3.05) is 5.32 Å². The van der Waals surface area contributed by atoms with E-state index in [9.17, 15) is 0 Å². The van der Waals surface area contributed by atoms with Gasteiger partial charge in [0.15, 0.2) is 23.7 Å². The zero-order valence-electron chi connectivity index (χ0n) is 22.0. The number of nitrogens with zero attached hydrogens (tertiary/aromatic N) is 3. The molecule has 2 heterocycles. The molecule has 0 saturated carbocycles. The third-order valence-electron chi connectivity index (χ3n) is 7.54. The molecule has 0 saturated heterocycles. The first-order valence-corrected chi connectivity index (χ1v) is 13.7. The van der Waals surface area contributed by atoms with E-state index in [1.807, 2.05) is 78.9 Å². The van der Waals surface area contributed by atoms with Crippen LogP contribution in [0.5, 0.6) is 5.75 Å². The third kappa shape index (κ3) is 4.15. The number of aromatic nitrogens is 3. The van der Waals surface area contributed by atoms with E-state index in [1.165, 1.54) is 0 Å². The number of hydrogen-bond donors (Lipinski definition) is 1. The van der Waals surface area contributed by atoms with E-state index in [1.54, 1.807) is 0 Å². The third-order valence-corrected chi connectivity index (χ3v) is 7.54. The quantitative estimate of drug-likeness (QED) is 0.232. The molecule has 1 aromatic heterocycles. The molecule has 1 atom stereocenters. The van der Waals surface area contributed by atoms with E-state index in [-0.39, 0.29) is 6.23 Å². The van der Waals surface area contributed by atoms with Crippen molar-refractivity contribution in [1.82, 2.24) is 15.0 Å². The van der Waals surface area contributed by atoms with E-state index < -0.39 is 0 Å². The lowest BCUT2D eigenvalue weighted by molar-refractivity contribution is 0.260. The molecule has 1 aliphatic rings. The summed E-state index contributed by atoms with van der Waals surface area (Å²) in [5.74, 6) is 2.81. The Bertz CT molecular complexity index is 1990. The molecule has 1 N–H and O–H groups in total. The summed E-state index contributed by atoms with van der Waals surface area (Å²) in [6.07, 6.45) is -0.218. The van der Waals surface area contributed by atoms with Gasteiger partial charge < -0.3 is 10.1 Å². The molecule has 5 heteroatoms. The maximum Gasteiger partial charge on any atom is 0.196 e. The fraction of sp³-hybridized carbons (Fsp3) is 0.0278. The molecule has 194 valence electrons. The number of fused-ring (bicyclic) bond motifs is 5. The number of rotatable bonds is 4. The number of hydrogen-bond acceptors (Lipinski definition) is 5. The average Bonchev–Trinajstić information content (AvgIpc) is 3.50. The molecule has 0 fully saturated rings. The number of nitrogens with one attached hydrogen (secondary N) is 1. The van der Waals surface area contributed by atoms with E-state index in [2.05, 4.69) is 59.9 Å². The van der Waals surface area contributed by atoms with Gasteiger partial charge in [0, 0.05) is 27.6 Å². The Morgan fingerprint density at radius 2 is 1.07 bits per heavy atom. The highest BCUT2D eigenvalue weighted by atomic mass is 16.5. The Balaban J connectivity index is 1.26. The molecule has 5 nitrogen and oxygen atoms in total. The van der Waals surface area contributed by atoms with Crippen molar-refractivity contribution in [1.29, 1.82) is 0 Å². The first kappa shape index (κ1) is 23.3. The van der Waals surface area contributed by atoms with Gasteiger partial charge >= 0.3 is 0 Å². The zero-order valence-corrected chi connectivity index (χ0v) is 22.0. The molecular weight excluding hydrogens is 504 g/mol. The smallest absolute Gasteiger partial charge is 0.196 e. The van der Waals surface area contributed by atoms with Crippen molar-refractivity contribution in [3.8, 4) is 39.9 Å². The Morgan fingerprint density at radius 1 is 0.512 bits per heavy atom. The van der Waals surface area contributed by atoms with Crippen LogP contribution in [0.25, 0.3) is 55.7 Å². The second kappa shape index (κ2) is 9.57. The van der Waals surface area contributed by atoms with Gasteiger partial charge in [-0.2, -0.15) is 0 Å². The summed E-state index contributed by atoms with van der Waals surface area (Å²) in [7, 11) is 0. The van der Waals surface area contributed by atoms with Crippen LogP contribution in [0.15, 0.2) is 133 Å². The van der Waals surface area contributed by atoms with Crippen LogP contribution in [0.2, 0.25) is 0 Å². The minimum Gasteiger partial charge on any atom is -0.464 e. The van der Waals surface area contributed by atoms with Crippen molar-refractivity contribution >= 4 is 27.2 Å². The summed E-state index contributed by atoms with van der Waals surface area (Å²) in [6.45, 7) is 0. The monoisotopic (exact) mass is 528 g/mol. The van der Waals surface area contributed by atoms with E-state index in [0.29, 0.717) is 17.5 Å². The summed E-state index contributed by atoms with van der Waals surface area (Å²) in [5, 5.41) is 8.19. The van der Waals surface area contributed by atoms with Crippen molar-refractivity contribution in [3.05, 3.63) is 139 Å². The summed E-state index contributed by atoms with van der Waals surface area (Å²) >= 11 is 0. The first-order valence-electron chi connectivity index (χ1n) is 13.7. The van der Waals surface area contributed by atoms with Crippen molar-refractivity contribution in [2.45, 2.75) is 6.23 Å². The van der Waals surface area contributed by atoms with Crippen LogP contribution in [0.4, 0.5) is 5.69 Å². The Hall–Kier alpha value is -5.55. The minimum absolute atomic E-state index is 0.218. The summed E-state index contributed by atoms with van der Waals surface area (Å²) in [4.78, 5) is 14.7. The fourth-order valence-electron chi connectivity index (χ4n) is 5.52. The van der Waals surface area contributed by atoms with E-state index in [4.69, 9.17) is 19.7 Å². The maximum absolute atomic E-state index is 6.32. The predicted molar refractivity (Wildman–Crippen MR) is 165 cm³/mol. The molecule has 8 rings (SSSR count). The fourth-order valence-corrected chi connectivity index (χ4v) is 5.52. The normalized spacial score (nSPS) is 14.0.